The molecule has 1 aliphatic rings. The first-order chi connectivity index (χ1) is 12.5. The van der Waals surface area contributed by atoms with Gasteiger partial charge in [0.05, 0.1) is 24.8 Å². The molecule has 1 aliphatic heterocycles. The van der Waals surface area contributed by atoms with Crippen LogP contribution in [0.3, 0.4) is 0 Å². The van der Waals surface area contributed by atoms with Crippen LogP contribution in [0.2, 0.25) is 0 Å². The van der Waals surface area contributed by atoms with Crippen molar-refractivity contribution in [1.29, 1.82) is 0 Å². The van der Waals surface area contributed by atoms with Crippen molar-refractivity contribution >= 4 is 5.91 Å². The molecule has 1 amide bonds. The number of morpholine rings is 1. The highest BCUT2D eigenvalue weighted by atomic mass is 16.5. The van der Waals surface area contributed by atoms with Crippen molar-refractivity contribution in [3.05, 3.63) is 65.5 Å². The number of hydrogen-bond acceptors (Lipinski definition) is 4. The van der Waals surface area contributed by atoms with Crippen molar-refractivity contribution in [1.82, 2.24) is 15.2 Å². The molecular weight excluding hydrogens is 326 g/mol. The molecule has 1 atom stereocenters. The second-order valence-electron chi connectivity index (χ2n) is 7.26. The molecule has 1 saturated heterocycles. The highest BCUT2D eigenvalue weighted by molar-refractivity contribution is 5.86. The number of nitrogens with zero attached hydrogens (tertiary/aromatic N) is 2. The second kappa shape index (κ2) is 7.98. The molecule has 0 aliphatic carbocycles. The van der Waals surface area contributed by atoms with Crippen molar-refractivity contribution in [2.45, 2.75) is 32.4 Å². The molecule has 26 heavy (non-hydrogen) atoms. The number of ether oxygens (including phenoxy) is 1. The molecule has 1 aromatic carbocycles. The van der Waals surface area contributed by atoms with Crippen LogP contribution in [0.5, 0.6) is 0 Å². The van der Waals surface area contributed by atoms with Crippen LogP contribution < -0.4 is 5.32 Å². The van der Waals surface area contributed by atoms with E-state index >= 15 is 0 Å². The van der Waals surface area contributed by atoms with Crippen molar-refractivity contribution in [3.63, 3.8) is 0 Å². The predicted molar refractivity (Wildman–Crippen MR) is 102 cm³/mol. The molecule has 1 aromatic heterocycles. The highest BCUT2D eigenvalue weighted by Gasteiger charge is 2.36. The SMILES string of the molecule is Cc1ccc([C@@H](NC(=O)C(C)(C)N2CCOCC2)c2ccncc2)cc1. The lowest BCUT2D eigenvalue weighted by molar-refractivity contribution is -0.135. The Hall–Kier alpha value is -2.24. The number of aromatic nitrogens is 1. The Balaban J connectivity index is 1.85. The van der Waals surface area contributed by atoms with Gasteiger partial charge in [-0.1, -0.05) is 29.8 Å². The number of pyridine rings is 1. The fraction of sp³-hybridized carbons (Fsp3) is 0.429. The first-order valence-corrected chi connectivity index (χ1v) is 9.09. The van der Waals surface area contributed by atoms with E-state index in [4.69, 9.17) is 4.74 Å². The van der Waals surface area contributed by atoms with E-state index < -0.39 is 5.54 Å². The zero-order valence-corrected chi connectivity index (χ0v) is 15.7. The van der Waals surface area contributed by atoms with Gasteiger partial charge in [-0.15, -0.1) is 0 Å². The lowest BCUT2D eigenvalue weighted by atomic mass is 9.95. The Labute approximate surface area is 155 Å². The van der Waals surface area contributed by atoms with Gasteiger partial charge in [0, 0.05) is 25.5 Å². The summed E-state index contributed by atoms with van der Waals surface area (Å²) in [5.74, 6) is 0.0155. The number of rotatable bonds is 5. The molecule has 2 aromatic rings. The average Bonchev–Trinajstić information content (AvgIpc) is 2.68. The second-order valence-corrected chi connectivity index (χ2v) is 7.26. The van der Waals surface area contributed by atoms with E-state index in [0.717, 1.165) is 24.2 Å². The average molecular weight is 353 g/mol. The minimum absolute atomic E-state index is 0.0155. The normalized spacial score (nSPS) is 16.9. The van der Waals surface area contributed by atoms with Gasteiger partial charge in [-0.3, -0.25) is 14.7 Å². The molecule has 1 N–H and O–H groups in total. The van der Waals surface area contributed by atoms with E-state index in [-0.39, 0.29) is 11.9 Å². The molecule has 138 valence electrons. The standard InChI is InChI=1S/C21H27N3O2/c1-16-4-6-17(7-5-16)19(18-8-10-22-11-9-18)23-20(25)21(2,3)24-12-14-26-15-13-24/h4-11,19H,12-15H2,1-3H3,(H,23,25)/t19-/m1/s1. The van der Waals surface area contributed by atoms with Crippen LogP contribution in [-0.4, -0.2) is 47.6 Å². The lowest BCUT2D eigenvalue weighted by Crippen LogP contribution is -2.58. The molecule has 0 spiro atoms. The Morgan fingerprint density at radius 2 is 1.65 bits per heavy atom. The third kappa shape index (κ3) is 4.11. The third-order valence-corrected chi connectivity index (χ3v) is 5.08. The molecule has 1 fully saturated rings. The minimum atomic E-state index is -0.597. The third-order valence-electron chi connectivity index (χ3n) is 5.08. The maximum atomic E-state index is 13.2. The van der Waals surface area contributed by atoms with E-state index in [0.29, 0.717) is 13.2 Å². The van der Waals surface area contributed by atoms with Crippen molar-refractivity contribution < 1.29 is 9.53 Å². The summed E-state index contributed by atoms with van der Waals surface area (Å²) in [6.45, 7) is 8.89. The number of hydrogen-bond donors (Lipinski definition) is 1. The molecular formula is C21H27N3O2. The van der Waals surface area contributed by atoms with Crippen LogP contribution in [0.4, 0.5) is 0 Å². The van der Waals surface area contributed by atoms with Crippen LogP contribution in [0.25, 0.3) is 0 Å². The Bertz CT molecular complexity index is 723. The molecule has 0 saturated carbocycles. The van der Waals surface area contributed by atoms with Crippen molar-refractivity contribution in [3.8, 4) is 0 Å². The van der Waals surface area contributed by atoms with Crippen molar-refractivity contribution in [2.24, 2.45) is 0 Å². The molecule has 5 nitrogen and oxygen atoms in total. The molecule has 2 heterocycles. The van der Waals surface area contributed by atoms with Gasteiger partial charge < -0.3 is 10.1 Å². The highest BCUT2D eigenvalue weighted by Crippen LogP contribution is 2.24. The van der Waals surface area contributed by atoms with Gasteiger partial charge in [-0.05, 0) is 44.0 Å². The van der Waals surface area contributed by atoms with Crippen molar-refractivity contribution in [2.75, 3.05) is 26.3 Å². The maximum Gasteiger partial charge on any atom is 0.240 e. The van der Waals surface area contributed by atoms with Gasteiger partial charge in [0.15, 0.2) is 0 Å². The number of amides is 1. The number of benzene rings is 1. The zero-order chi connectivity index (χ0) is 18.6. The summed E-state index contributed by atoms with van der Waals surface area (Å²) in [6, 6.07) is 12.0. The van der Waals surface area contributed by atoms with Gasteiger partial charge in [-0.25, -0.2) is 0 Å². The summed E-state index contributed by atoms with van der Waals surface area (Å²) in [4.78, 5) is 19.5. The monoisotopic (exact) mass is 353 g/mol. The number of carbonyl (C=O) groups excluding carboxylic acids is 1. The largest absolute Gasteiger partial charge is 0.379 e. The van der Waals surface area contributed by atoms with Gasteiger partial charge in [0.25, 0.3) is 0 Å². The van der Waals surface area contributed by atoms with Gasteiger partial charge in [-0.2, -0.15) is 0 Å². The van der Waals surface area contributed by atoms with Gasteiger partial charge >= 0.3 is 0 Å². The number of nitrogens with one attached hydrogen (secondary N) is 1. The molecule has 5 heteroatoms. The first kappa shape index (κ1) is 18.5. The summed E-state index contributed by atoms with van der Waals surface area (Å²) >= 11 is 0. The van der Waals surface area contributed by atoms with Crippen LogP contribution in [-0.2, 0) is 9.53 Å². The Kier molecular flexibility index (Phi) is 5.69. The van der Waals surface area contributed by atoms with Gasteiger partial charge in [0.1, 0.15) is 0 Å². The summed E-state index contributed by atoms with van der Waals surface area (Å²) < 4.78 is 5.43. The molecule has 0 unspecified atom stereocenters. The van der Waals surface area contributed by atoms with Crippen LogP contribution in [0, 0.1) is 6.92 Å². The molecule has 0 radical (unpaired) electrons. The van der Waals surface area contributed by atoms with E-state index in [1.54, 1.807) is 12.4 Å². The first-order valence-electron chi connectivity index (χ1n) is 9.09. The quantitative estimate of drug-likeness (QED) is 0.898. The lowest BCUT2D eigenvalue weighted by Gasteiger charge is -2.40. The van der Waals surface area contributed by atoms with E-state index in [1.807, 2.05) is 26.0 Å². The predicted octanol–water partition coefficient (Wildman–Crippen LogP) is 2.71. The number of carbonyl (C=O) groups is 1. The molecule has 3 rings (SSSR count). The van der Waals surface area contributed by atoms with Crippen LogP contribution >= 0.6 is 0 Å². The van der Waals surface area contributed by atoms with Crippen LogP contribution in [0.1, 0.15) is 36.6 Å². The van der Waals surface area contributed by atoms with Crippen LogP contribution in [0.15, 0.2) is 48.8 Å². The fourth-order valence-electron chi connectivity index (χ4n) is 3.25. The number of aryl methyl sites for hydroxylation is 1. The summed E-state index contributed by atoms with van der Waals surface area (Å²) in [7, 11) is 0. The summed E-state index contributed by atoms with van der Waals surface area (Å²) in [5, 5.41) is 3.26. The Morgan fingerprint density at radius 1 is 1.08 bits per heavy atom. The van der Waals surface area contributed by atoms with E-state index in [9.17, 15) is 4.79 Å². The smallest absolute Gasteiger partial charge is 0.240 e. The summed E-state index contributed by atoms with van der Waals surface area (Å²) in [6.07, 6.45) is 3.52. The summed E-state index contributed by atoms with van der Waals surface area (Å²) in [5.41, 5.74) is 2.69. The van der Waals surface area contributed by atoms with E-state index in [2.05, 4.69) is 46.4 Å². The Morgan fingerprint density at radius 3 is 2.27 bits per heavy atom. The minimum Gasteiger partial charge on any atom is -0.379 e. The maximum absolute atomic E-state index is 13.2. The topological polar surface area (TPSA) is 54.5 Å². The van der Waals surface area contributed by atoms with E-state index in [1.165, 1.54) is 5.56 Å². The molecule has 0 bridgehead atoms. The zero-order valence-electron chi connectivity index (χ0n) is 15.7. The van der Waals surface area contributed by atoms with Gasteiger partial charge in [0.2, 0.25) is 5.91 Å². The fourth-order valence-corrected chi connectivity index (χ4v) is 3.25.